The SMILES string of the molecule is C1CC1[SH](C1CC1)C1CC1. The molecular weight excluding hydrogens is 140 g/mol. The molecule has 3 aliphatic carbocycles. The molecular formula is C9H16S. The first-order valence-corrected chi connectivity index (χ1v) is 6.27. The zero-order valence-corrected chi connectivity index (χ0v) is 7.32. The van der Waals surface area contributed by atoms with Gasteiger partial charge in [0.05, 0.1) is 0 Å². The van der Waals surface area contributed by atoms with Gasteiger partial charge in [0, 0.05) is 0 Å². The Morgan fingerprint density at radius 3 is 1.10 bits per heavy atom. The predicted octanol–water partition coefficient (Wildman–Crippen LogP) is 2.47. The van der Waals surface area contributed by atoms with Crippen molar-refractivity contribution >= 4 is 10.9 Å². The Bertz CT molecular complexity index is 114. The third kappa shape index (κ3) is 0.990. The first-order valence-electron chi connectivity index (χ1n) is 4.72. The van der Waals surface area contributed by atoms with Crippen molar-refractivity contribution in [1.29, 1.82) is 0 Å². The van der Waals surface area contributed by atoms with E-state index in [1.807, 2.05) is 0 Å². The van der Waals surface area contributed by atoms with Crippen molar-refractivity contribution in [3.8, 4) is 0 Å². The molecule has 0 aromatic rings. The summed E-state index contributed by atoms with van der Waals surface area (Å²) in [7, 11) is 0.596. The highest BCUT2D eigenvalue weighted by Gasteiger charge is 2.45. The van der Waals surface area contributed by atoms with Gasteiger partial charge < -0.3 is 0 Å². The Hall–Kier alpha value is 0.350. The molecule has 0 aromatic heterocycles. The second-order valence-electron chi connectivity index (χ2n) is 4.14. The van der Waals surface area contributed by atoms with Gasteiger partial charge in [-0.2, -0.15) is 0 Å². The Balaban J connectivity index is 1.69. The summed E-state index contributed by atoms with van der Waals surface area (Å²) in [6.45, 7) is 0. The van der Waals surface area contributed by atoms with E-state index in [0.717, 1.165) is 0 Å². The van der Waals surface area contributed by atoms with Crippen molar-refractivity contribution in [3.05, 3.63) is 0 Å². The lowest BCUT2D eigenvalue weighted by atomic mass is 10.9. The van der Waals surface area contributed by atoms with Crippen molar-refractivity contribution in [3.63, 3.8) is 0 Å². The highest BCUT2D eigenvalue weighted by Crippen LogP contribution is 2.64. The van der Waals surface area contributed by atoms with E-state index in [0.29, 0.717) is 10.9 Å². The summed E-state index contributed by atoms with van der Waals surface area (Å²) in [6.07, 6.45) is 9.66. The molecule has 0 atom stereocenters. The van der Waals surface area contributed by atoms with E-state index in [1.54, 1.807) is 38.5 Å². The highest BCUT2D eigenvalue weighted by molar-refractivity contribution is 8.19. The third-order valence-electron chi connectivity index (χ3n) is 2.91. The molecule has 3 fully saturated rings. The van der Waals surface area contributed by atoms with Gasteiger partial charge in [0.15, 0.2) is 0 Å². The third-order valence-corrected chi connectivity index (χ3v) is 6.98. The smallest absolute Gasteiger partial charge is 0.0131 e. The molecule has 0 aromatic carbocycles. The molecule has 0 spiro atoms. The van der Waals surface area contributed by atoms with E-state index in [1.165, 1.54) is 15.7 Å². The van der Waals surface area contributed by atoms with Crippen molar-refractivity contribution in [2.45, 2.75) is 54.3 Å². The zero-order chi connectivity index (χ0) is 6.55. The molecule has 0 unspecified atom stereocenters. The quantitative estimate of drug-likeness (QED) is 0.596. The maximum Gasteiger partial charge on any atom is -0.0131 e. The lowest BCUT2D eigenvalue weighted by Crippen LogP contribution is -1.98. The monoisotopic (exact) mass is 156 g/mol. The van der Waals surface area contributed by atoms with Crippen LogP contribution in [0.3, 0.4) is 0 Å². The van der Waals surface area contributed by atoms with Gasteiger partial charge in [-0.1, -0.05) is 0 Å². The molecule has 0 N–H and O–H groups in total. The Morgan fingerprint density at radius 2 is 0.900 bits per heavy atom. The normalized spacial score (nSPS) is 34.2. The maximum absolute atomic E-state index is 1.61. The van der Waals surface area contributed by atoms with Crippen molar-refractivity contribution in [2.75, 3.05) is 0 Å². The van der Waals surface area contributed by atoms with Crippen LogP contribution in [0.5, 0.6) is 0 Å². The summed E-state index contributed by atoms with van der Waals surface area (Å²) >= 11 is 0. The fraction of sp³-hybridized carbons (Fsp3) is 1.00. The molecule has 3 aliphatic rings. The lowest BCUT2D eigenvalue weighted by molar-refractivity contribution is 1.33. The molecule has 1 heteroatoms. The largest absolute Gasteiger partial charge is 0.245 e. The molecule has 0 amide bonds. The van der Waals surface area contributed by atoms with Gasteiger partial charge in [-0.15, -0.1) is 0 Å². The number of rotatable bonds is 3. The molecule has 0 bridgehead atoms. The van der Waals surface area contributed by atoms with E-state index < -0.39 is 0 Å². The first-order chi connectivity index (χ1) is 4.95. The van der Waals surface area contributed by atoms with Gasteiger partial charge in [0.2, 0.25) is 0 Å². The molecule has 0 aliphatic heterocycles. The summed E-state index contributed by atoms with van der Waals surface area (Å²) in [4.78, 5) is 0. The van der Waals surface area contributed by atoms with Crippen LogP contribution in [-0.4, -0.2) is 15.7 Å². The molecule has 3 rings (SSSR count). The van der Waals surface area contributed by atoms with Crippen molar-refractivity contribution < 1.29 is 0 Å². The Kier molecular flexibility index (Phi) is 1.15. The zero-order valence-electron chi connectivity index (χ0n) is 6.42. The number of hydrogen-bond donors (Lipinski definition) is 1. The Labute approximate surface area is 65.7 Å². The van der Waals surface area contributed by atoms with Crippen LogP contribution >= 0.6 is 10.9 Å². The minimum atomic E-state index is 0.596. The van der Waals surface area contributed by atoms with Crippen LogP contribution in [0.25, 0.3) is 0 Å². The predicted molar refractivity (Wildman–Crippen MR) is 48.1 cm³/mol. The summed E-state index contributed by atoms with van der Waals surface area (Å²) in [5, 5.41) is 3.82. The van der Waals surface area contributed by atoms with Crippen LogP contribution in [0.2, 0.25) is 0 Å². The molecule has 3 saturated carbocycles. The maximum atomic E-state index is 1.61. The van der Waals surface area contributed by atoms with Crippen LogP contribution in [0.1, 0.15) is 38.5 Å². The highest BCUT2D eigenvalue weighted by atomic mass is 32.2. The van der Waals surface area contributed by atoms with Gasteiger partial charge >= 0.3 is 0 Å². The molecule has 58 valence electrons. The van der Waals surface area contributed by atoms with Crippen LogP contribution in [0.4, 0.5) is 0 Å². The van der Waals surface area contributed by atoms with E-state index in [4.69, 9.17) is 0 Å². The summed E-state index contributed by atoms with van der Waals surface area (Å²) in [5.41, 5.74) is 0. The summed E-state index contributed by atoms with van der Waals surface area (Å²) < 4.78 is 0. The minimum Gasteiger partial charge on any atom is -0.245 e. The van der Waals surface area contributed by atoms with Crippen molar-refractivity contribution in [2.24, 2.45) is 0 Å². The van der Waals surface area contributed by atoms with Gasteiger partial charge in [-0.25, -0.2) is 10.9 Å². The van der Waals surface area contributed by atoms with Crippen LogP contribution in [0, 0.1) is 0 Å². The first kappa shape index (κ1) is 5.93. The van der Waals surface area contributed by atoms with Crippen LogP contribution in [-0.2, 0) is 0 Å². The number of hydrogen-bond acceptors (Lipinski definition) is 0. The van der Waals surface area contributed by atoms with E-state index in [-0.39, 0.29) is 0 Å². The molecule has 0 saturated heterocycles. The second kappa shape index (κ2) is 1.94. The average Bonchev–Trinajstić information content (AvgIpc) is 2.78. The van der Waals surface area contributed by atoms with Crippen molar-refractivity contribution in [1.82, 2.24) is 0 Å². The van der Waals surface area contributed by atoms with E-state index in [2.05, 4.69) is 0 Å². The fourth-order valence-electron chi connectivity index (χ4n) is 2.01. The summed E-state index contributed by atoms with van der Waals surface area (Å²) in [6, 6.07) is 0. The second-order valence-corrected chi connectivity index (χ2v) is 7.23. The lowest BCUT2D eigenvalue weighted by Gasteiger charge is -2.19. The van der Waals surface area contributed by atoms with Crippen LogP contribution < -0.4 is 0 Å². The van der Waals surface area contributed by atoms with E-state index in [9.17, 15) is 0 Å². The van der Waals surface area contributed by atoms with Gasteiger partial charge in [0.25, 0.3) is 0 Å². The summed E-state index contributed by atoms with van der Waals surface area (Å²) in [5.74, 6) is 0. The molecule has 0 radical (unpaired) electrons. The van der Waals surface area contributed by atoms with Gasteiger partial charge in [-0.05, 0) is 54.3 Å². The van der Waals surface area contributed by atoms with Gasteiger partial charge in [-0.3, -0.25) is 0 Å². The molecule has 0 nitrogen and oxygen atoms in total. The minimum absolute atomic E-state index is 0.596. The molecule has 0 heterocycles. The number of thiol groups is 1. The average molecular weight is 156 g/mol. The molecule has 10 heavy (non-hydrogen) atoms. The van der Waals surface area contributed by atoms with Crippen LogP contribution in [0.15, 0.2) is 0 Å². The van der Waals surface area contributed by atoms with Gasteiger partial charge in [0.1, 0.15) is 0 Å². The topological polar surface area (TPSA) is 0 Å². The fourth-order valence-corrected chi connectivity index (χ4v) is 6.04. The standard InChI is InChI=1S/C9H16S/c1-2-7(1)10(8-3-4-8)9-5-6-9/h7-10H,1-6H2. The Morgan fingerprint density at radius 1 is 0.600 bits per heavy atom. The van der Waals surface area contributed by atoms with E-state index >= 15 is 0 Å².